The van der Waals surface area contributed by atoms with Gasteiger partial charge in [0.25, 0.3) is 0 Å². The van der Waals surface area contributed by atoms with Gasteiger partial charge in [0.05, 0.1) is 0 Å². The number of hydrogen-bond donors (Lipinski definition) is 0. The van der Waals surface area contributed by atoms with Crippen molar-refractivity contribution in [2.45, 2.75) is 39.2 Å². The molecule has 0 unspecified atom stereocenters. The molecule has 0 N–H and O–H groups in total. The van der Waals surface area contributed by atoms with Gasteiger partial charge < -0.3 is 4.74 Å². The molecule has 0 saturated carbocycles. The summed E-state index contributed by atoms with van der Waals surface area (Å²) in [7, 11) is 0. The summed E-state index contributed by atoms with van der Waals surface area (Å²) in [4.78, 5) is 0. The molecule has 1 nitrogen and oxygen atoms in total. The van der Waals surface area contributed by atoms with Crippen LogP contribution < -0.4 is 4.74 Å². The highest BCUT2D eigenvalue weighted by Gasteiger charge is 2.11. The summed E-state index contributed by atoms with van der Waals surface area (Å²) in [6, 6.07) is 23.9. The number of aryl methyl sites for hydroxylation is 1. The van der Waals surface area contributed by atoms with Crippen LogP contribution in [0, 0.1) is 5.82 Å². The number of rotatable bonds is 8. The molecule has 0 fully saturated rings. The van der Waals surface area contributed by atoms with Gasteiger partial charge in [0.1, 0.15) is 11.6 Å². The van der Waals surface area contributed by atoms with Gasteiger partial charge in [-0.05, 0) is 58.7 Å². The summed E-state index contributed by atoms with van der Waals surface area (Å²) in [5.74, 6) is -0.283. The first kappa shape index (κ1) is 21.9. The Kier molecular flexibility index (Phi) is 6.79. The van der Waals surface area contributed by atoms with E-state index in [4.69, 9.17) is 0 Å². The maximum atomic E-state index is 15.2. The molecule has 4 aromatic rings. The lowest BCUT2D eigenvalue weighted by atomic mass is 9.96. The highest BCUT2D eigenvalue weighted by atomic mass is 19.3. The monoisotopic (exact) mass is 434 g/mol. The molecule has 4 aromatic carbocycles. The predicted molar refractivity (Wildman–Crippen MR) is 125 cm³/mol. The second-order valence-electron chi connectivity index (χ2n) is 7.92. The van der Waals surface area contributed by atoms with E-state index in [0.29, 0.717) is 16.5 Å². The molecule has 4 rings (SSSR count). The van der Waals surface area contributed by atoms with Crippen molar-refractivity contribution in [3.8, 4) is 28.0 Å². The normalized spacial score (nSPS) is 11.3. The number of fused-ring (bicyclic) bond motifs is 1. The highest BCUT2D eigenvalue weighted by molar-refractivity contribution is 5.91. The van der Waals surface area contributed by atoms with Gasteiger partial charge in [-0.2, -0.15) is 8.78 Å². The zero-order valence-corrected chi connectivity index (χ0v) is 18.0. The van der Waals surface area contributed by atoms with Crippen LogP contribution in [0.4, 0.5) is 13.2 Å². The maximum Gasteiger partial charge on any atom is 0.387 e. The number of halogens is 3. The van der Waals surface area contributed by atoms with Crippen molar-refractivity contribution in [2.75, 3.05) is 0 Å². The molecule has 0 saturated heterocycles. The van der Waals surface area contributed by atoms with Gasteiger partial charge in [-0.25, -0.2) is 4.39 Å². The van der Waals surface area contributed by atoms with E-state index in [1.807, 2.05) is 18.2 Å². The first-order chi connectivity index (χ1) is 15.5. The smallest absolute Gasteiger partial charge is 0.387 e. The molecule has 0 aliphatic heterocycles. The molecule has 0 bridgehead atoms. The van der Waals surface area contributed by atoms with Gasteiger partial charge >= 0.3 is 6.61 Å². The van der Waals surface area contributed by atoms with Gasteiger partial charge in [-0.3, -0.25) is 0 Å². The van der Waals surface area contributed by atoms with Crippen LogP contribution in [0.5, 0.6) is 5.75 Å². The van der Waals surface area contributed by atoms with Crippen LogP contribution in [0.15, 0.2) is 78.9 Å². The van der Waals surface area contributed by atoms with Crippen LogP contribution in [-0.4, -0.2) is 6.61 Å². The number of benzene rings is 4. The summed E-state index contributed by atoms with van der Waals surface area (Å²) in [6.07, 6.45) is 4.75. The molecular weight excluding hydrogens is 409 g/mol. The molecule has 4 heteroatoms. The molecule has 0 amide bonds. The molecule has 0 heterocycles. The molecule has 32 heavy (non-hydrogen) atoms. The summed E-state index contributed by atoms with van der Waals surface area (Å²) in [6.45, 7) is -0.680. The topological polar surface area (TPSA) is 9.23 Å². The lowest BCUT2D eigenvalue weighted by molar-refractivity contribution is -0.0498. The van der Waals surface area contributed by atoms with Crippen molar-refractivity contribution in [3.05, 3.63) is 90.2 Å². The number of unbranched alkanes of at least 4 members (excludes halogenated alkanes) is 2. The average Bonchev–Trinajstić information content (AvgIpc) is 2.80. The molecule has 164 valence electrons. The van der Waals surface area contributed by atoms with Crippen LogP contribution in [0.25, 0.3) is 33.0 Å². The first-order valence-electron chi connectivity index (χ1n) is 10.9. The number of hydrogen-bond acceptors (Lipinski definition) is 1. The van der Waals surface area contributed by atoms with Gasteiger partial charge in [0.2, 0.25) is 0 Å². The van der Waals surface area contributed by atoms with E-state index in [9.17, 15) is 8.78 Å². The summed E-state index contributed by atoms with van der Waals surface area (Å²) < 4.78 is 44.3. The maximum absolute atomic E-state index is 15.2. The molecule has 0 radical (unpaired) electrons. The highest BCUT2D eigenvalue weighted by Crippen LogP contribution is 2.32. The molecule has 0 spiro atoms. The van der Waals surface area contributed by atoms with Crippen LogP contribution in [-0.2, 0) is 6.42 Å². The largest absolute Gasteiger partial charge is 0.435 e. The minimum absolute atomic E-state index is 0.0472. The van der Waals surface area contributed by atoms with Crippen LogP contribution in [0.1, 0.15) is 31.7 Å². The Bertz CT molecular complexity index is 1180. The Labute approximate surface area is 186 Å². The van der Waals surface area contributed by atoms with Crippen molar-refractivity contribution < 1.29 is 17.9 Å². The van der Waals surface area contributed by atoms with E-state index < -0.39 is 6.61 Å². The zero-order valence-electron chi connectivity index (χ0n) is 18.0. The number of alkyl halides is 2. The predicted octanol–water partition coefficient (Wildman–Crippen LogP) is 8.65. The fraction of sp³-hybridized carbons (Fsp3) is 0.214. The van der Waals surface area contributed by atoms with Gasteiger partial charge in [-0.15, -0.1) is 0 Å². The van der Waals surface area contributed by atoms with Gasteiger partial charge in [-0.1, -0.05) is 80.4 Å². The molecule has 0 aliphatic carbocycles. The minimum Gasteiger partial charge on any atom is -0.435 e. The van der Waals surface area contributed by atoms with Gasteiger partial charge in [0, 0.05) is 10.9 Å². The standard InChI is InChI=1S/C28H25F3O/c1-2-3-4-5-19-6-8-20(9-7-19)22-12-16-26-23(18-22)13-17-25(27(26)29)21-10-14-24(15-11-21)32-28(30)31/h6-18,28H,2-5H2,1H3. The second kappa shape index (κ2) is 9.90. The van der Waals surface area contributed by atoms with Crippen molar-refractivity contribution in [2.24, 2.45) is 0 Å². The van der Waals surface area contributed by atoms with Crippen molar-refractivity contribution >= 4 is 10.8 Å². The van der Waals surface area contributed by atoms with E-state index in [0.717, 1.165) is 22.9 Å². The van der Waals surface area contributed by atoms with Crippen LogP contribution in [0.3, 0.4) is 0 Å². The zero-order chi connectivity index (χ0) is 22.5. The Hall–Kier alpha value is -3.27. The van der Waals surface area contributed by atoms with E-state index in [-0.39, 0.29) is 11.6 Å². The summed E-state index contributed by atoms with van der Waals surface area (Å²) >= 11 is 0. The third kappa shape index (κ3) is 4.96. The Balaban J connectivity index is 1.58. The van der Waals surface area contributed by atoms with Gasteiger partial charge in [0.15, 0.2) is 0 Å². The SMILES string of the molecule is CCCCCc1ccc(-c2ccc3c(F)c(-c4ccc(OC(F)F)cc4)ccc3c2)cc1. The third-order valence-electron chi connectivity index (χ3n) is 5.70. The molecule has 0 atom stereocenters. The lowest BCUT2D eigenvalue weighted by Crippen LogP contribution is -2.01. The molecule has 0 aromatic heterocycles. The van der Waals surface area contributed by atoms with Crippen molar-refractivity contribution in [3.63, 3.8) is 0 Å². The molecular formula is C28H25F3O. The first-order valence-corrected chi connectivity index (χ1v) is 10.9. The quantitative estimate of drug-likeness (QED) is 0.252. The Morgan fingerprint density at radius 2 is 1.44 bits per heavy atom. The molecule has 0 aliphatic rings. The lowest BCUT2D eigenvalue weighted by Gasteiger charge is -2.10. The van der Waals surface area contributed by atoms with Crippen LogP contribution >= 0.6 is 0 Å². The fourth-order valence-corrected chi connectivity index (χ4v) is 3.95. The second-order valence-corrected chi connectivity index (χ2v) is 7.92. The van der Waals surface area contributed by atoms with Crippen LogP contribution in [0.2, 0.25) is 0 Å². The fourth-order valence-electron chi connectivity index (χ4n) is 3.95. The Morgan fingerprint density at radius 3 is 2.12 bits per heavy atom. The summed E-state index contributed by atoms with van der Waals surface area (Å²) in [5.41, 5.74) is 4.51. The third-order valence-corrected chi connectivity index (χ3v) is 5.70. The van der Waals surface area contributed by atoms with Crippen molar-refractivity contribution in [1.29, 1.82) is 0 Å². The van der Waals surface area contributed by atoms with E-state index >= 15 is 4.39 Å². The van der Waals surface area contributed by atoms with E-state index in [2.05, 4.69) is 35.9 Å². The number of ether oxygens (including phenoxy) is 1. The van der Waals surface area contributed by atoms with E-state index in [1.54, 1.807) is 24.3 Å². The van der Waals surface area contributed by atoms with E-state index in [1.165, 1.54) is 37.0 Å². The van der Waals surface area contributed by atoms with Crippen molar-refractivity contribution in [1.82, 2.24) is 0 Å². The minimum atomic E-state index is -2.88. The average molecular weight is 435 g/mol. The Morgan fingerprint density at radius 1 is 0.750 bits per heavy atom. The summed E-state index contributed by atoms with van der Waals surface area (Å²) in [5, 5.41) is 1.34.